The van der Waals surface area contributed by atoms with E-state index in [0.717, 1.165) is 122 Å². The Morgan fingerprint density at radius 2 is 0.756 bits per heavy atom. The van der Waals surface area contributed by atoms with Crippen molar-refractivity contribution in [1.82, 2.24) is 50.9 Å². The second-order valence-corrected chi connectivity index (χ2v) is 36.5. The number of fused-ring (bicyclic) bond motifs is 6. The van der Waals surface area contributed by atoms with Gasteiger partial charge in [0.05, 0.1) is 92.3 Å². The van der Waals surface area contributed by atoms with E-state index in [4.69, 9.17) is 30.9 Å². The molecular weight excluding hydrogens is 1710 g/mol. The number of nitrogens with zero attached hydrogens (tertiary/aromatic N) is 15. The Morgan fingerprint density at radius 3 is 1.07 bits per heavy atom. The third-order valence-corrected chi connectivity index (χ3v) is 24.3. The fourth-order valence-corrected chi connectivity index (χ4v) is 17.9. The van der Waals surface area contributed by atoms with Gasteiger partial charge in [-0.05, 0) is 152 Å². The van der Waals surface area contributed by atoms with Gasteiger partial charge in [-0.2, -0.15) is 15.8 Å². The molecule has 3 fully saturated rings. The molecule has 15 rings (SSSR count). The predicted octanol–water partition coefficient (Wildman–Crippen LogP) is 12.0. The van der Waals surface area contributed by atoms with Gasteiger partial charge < -0.3 is 91.4 Å². The zero-order chi connectivity index (χ0) is 97.0. The first-order valence-corrected chi connectivity index (χ1v) is 45.9. The number of carboxylic acid groups (broad SMARTS) is 1. The van der Waals surface area contributed by atoms with Crippen molar-refractivity contribution in [3.05, 3.63) is 234 Å². The molecular formula is C103H123N21O11. The molecule has 7 amide bonds. The van der Waals surface area contributed by atoms with E-state index in [9.17, 15) is 59.2 Å². The van der Waals surface area contributed by atoms with E-state index in [1.54, 1.807) is 48.5 Å². The molecule has 0 aliphatic carbocycles. The van der Waals surface area contributed by atoms with Gasteiger partial charge in [-0.3, -0.25) is 24.0 Å². The zero-order valence-electron chi connectivity index (χ0n) is 78.5. The van der Waals surface area contributed by atoms with Crippen LogP contribution in [0.1, 0.15) is 147 Å². The Labute approximate surface area is 789 Å². The summed E-state index contributed by atoms with van der Waals surface area (Å²) in [6.07, 6.45) is 5.70. The lowest BCUT2D eigenvalue weighted by atomic mass is 9.98. The summed E-state index contributed by atoms with van der Waals surface area (Å²) in [7, 11) is 0. The number of ether oxygens (including phenoxy) is 2. The number of piperazine rings is 3. The molecule has 6 aliphatic heterocycles. The van der Waals surface area contributed by atoms with Crippen molar-refractivity contribution in [1.29, 1.82) is 15.8 Å². The topological polar surface area (TPSA) is 415 Å². The van der Waals surface area contributed by atoms with Gasteiger partial charge in [0, 0.05) is 183 Å². The van der Waals surface area contributed by atoms with Crippen LogP contribution in [0.3, 0.4) is 0 Å². The van der Waals surface area contributed by atoms with Gasteiger partial charge >= 0.3 is 18.2 Å². The Kier molecular flexibility index (Phi) is 33.2. The smallest absolute Gasteiger partial charge is 0.407 e. The highest BCUT2D eigenvalue weighted by Crippen LogP contribution is 2.40. The summed E-state index contributed by atoms with van der Waals surface area (Å²) in [5.41, 5.74) is 22.4. The van der Waals surface area contributed by atoms with E-state index in [-0.39, 0.29) is 96.9 Å². The number of aromatic carboxylic acids is 1. The summed E-state index contributed by atoms with van der Waals surface area (Å²) in [5.74, 6) is -2.25. The van der Waals surface area contributed by atoms with Crippen molar-refractivity contribution in [3.8, 4) is 18.2 Å². The number of carbonyl (C=O) groups is 8. The molecule has 32 heteroatoms. The average molecular weight is 1830 g/mol. The molecule has 9 aromatic rings. The minimum absolute atomic E-state index is 0.00458. The van der Waals surface area contributed by atoms with Crippen LogP contribution < -0.4 is 62.1 Å². The van der Waals surface area contributed by atoms with Crippen LogP contribution in [-0.4, -0.2) is 228 Å². The van der Waals surface area contributed by atoms with Crippen LogP contribution in [0.4, 0.5) is 43.7 Å². The number of alkyl carbamates (subject to hydrolysis) is 2. The van der Waals surface area contributed by atoms with Crippen LogP contribution in [0.25, 0.3) is 32.3 Å². The fourth-order valence-electron chi connectivity index (χ4n) is 17.9. The monoisotopic (exact) mass is 1830 g/mol. The molecule has 6 aromatic carbocycles. The number of hydrogen-bond donors (Lipinski definition) is 7. The summed E-state index contributed by atoms with van der Waals surface area (Å²) in [5, 5.41) is 56.3. The number of nitrogens with two attached hydrogens (primary N) is 2. The van der Waals surface area contributed by atoms with Crippen LogP contribution in [-0.2, 0) is 62.8 Å². The van der Waals surface area contributed by atoms with Crippen LogP contribution >= 0.6 is 0 Å². The molecule has 9 N–H and O–H groups in total. The number of carbonyl (C=O) groups excluding carboxylic acids is 7. The number of hydrogen-bond acceptors (Lipinski definition) is 24. The number of aromatic nitrogens is 3. The maximum absolute atomic E-state index is 13.7. The minimum atomic E-state index is -1.07. The molecule has 0 saturated carbocycles. The lowest BCUT2D eigenvalue weighted by Crippen LogP contribution is -2.55. The molecule has 6 atom stereocenters. The number of carboxylic acids is 1. The van der Waals surface area contributed by atoms with Gasteiger partial charge in [0.2, 0.25) is 17.7 Å². The Bertz CT molecular complexity index is 6010. The van der Waals surface area contributed by atoms with E-state index in [2.05, 4.69) is 185 Å². The third kappa shape index (κ3) is 25.2. The van der Waals surface area contributed by atoms with Gasteiger partial charge in [0.1, 0.15) is 22.6 Å². The molecule has 9 heterocycles. The second-order valence-electron chi connectivity index (χ2n) is 36.5. The number of anilines is 6. The van der Waals surface area contributed by atoms with Crippen molar-refractivity contribution in [2.75, 3.05) is 128 Å². The molecule has 6 aliphatic rings. The SMILES string of the molecule is C=CC(=O)N1CCN(c2cc(C(=O)N[C@H](C)CN)nc3c2CCN(c2cccc4ccccc24)C3)C[C@@H]1CC#N.C=CC(=O)N1CCN(c2cc(C(=O)N[C@H](C)CNC(=O)OC(C)(C)C)nc3c2CCN(c2cccc4ccccc24)C3)C[C@@H]1CC#N.C=CC(=O)N1CCN(c2cc(C(=O)O)nc3c2CCN(c2cccc4ccccc24)C3)C[C@@H]1CC#N.C[C@@H](N)CNC(=O)OC(C)(C)C. The van der Waals surface area contributed by atoms with Crippen LogP contribution in [0, 0.1) is 34.0 Å². The van der Waals surface area contributed by atoms with Gasteiger partial charge in [0.25, 0.3) is 11.8 Å². The van der Waals surface area contributed by atoms with Crippen LogP contribution in [0.2, 0.25) is 0 Å². The highest BCUT2D eigenvalue weighted by molar-refractivity contribution is 5.99. The van der Waals surface area contributed by atoms with E-state index in [0.29, 0.717) is 104 Å². The first kappa shape index (κ1) is 99.3. The molecule has 3 aromatic heterocycles. The summed E-state index contributed by atoms with van der Waals surface area (Å²) < 4.78 is 10.3. The Balaban J connectivity index is 0.000000173. The molecule has 0 unspecified atom stereocenters. The fraction of sp³-hybridized carbons (Fsp3) is 0.398. The van der Waals surface area contributed by atoms with Gasteiger partial charge in [-0.15, -0.1) is 0 Å². The zero-order valence-corrected chi connectivity index (χ0v) is 78.5. The minimum Gasteiger partial charge on any atom is -0.477 e. The van der Waals surface area contributed by atoms with E-state index >= 15 is 0 Å². The van der Waals surface area contributed by atoms with Crippen molar-refractivity contribution < 1.29 is 52.9 Å². The first-order chi connectivity index (χ1) is 64.7. The highest BCUT2D eigenvalue weighted by atomic mass is 16.6. The summed E-state index contributed by atoms with van der Waals surface area (Å²) in [4.78, 5) is 132. The van der Waals surface area contributed by atoms with Crippen molar-refractivity contribution in [3.63, 3.8) is 0 Å². The average Bonchev–Trinajstić information content (AvgIpc) is 0.769. The first-order valence-electron chi connectivity index (χ1n) is 45.9. The maximum atomic E-state index is 13.7. The van der Waals surface area contributed by atoms with E-state index < -0.39 is 35.4 Å². The van der Waals surface area contributed by atoms with Crippen LogP contribution in [0.5, 0.6) is 0 Å². The largest absolute Gasteiger partial charge is 0.477 e. The number of amides is 7. The molecule has 32 nitrogen and oxygen atoms in total. The summed E-state index contributed by atoms with van der Waals surface area (Å²) in [6, 6.07) is 54.2. The Morgan fingerprint density at radius 1 is 0.444 bits per heavy atom. The summed E-state index contributed by atoms with van der Waals surface area (Å²) in [6.45, 7) is 36.5. The van der Waals surface area contributed by atoms with Crippen molar-refractivity contribution >= 4 is 114 Å². The molecule has 0 radical (unpaired) electrons. The molecule has 0 spiro atoms. The van der Waals surface area contributed by atoms with Crippen molar-refractivity contribution in [2.24, 2.45) is 11.5 Å². The molecule has 0 bridgehead atoms. The van der Waals surface area contributed by atoms with Crippen molar-refractivity contribution in [2.45, 2.75) is 168 Å². The molecule has 706 valence electrons. The molecule has 135 heavy (non-hydrogen) atoms. The maximum Gasteiger partial charge on any atom is 0.407 e. The standard InChI is InChI=1S/C36H43N7O4.C31H35N7O2.C28H27N5O3.C8H18N2O2/c1-6-33(44)43-19-18-42(22-26(43)14-16-37)32-20-29(34(45)39-24(2)21-38-35(46)47-36(3,4)5)40-30-23-41(17-15-28(30)32)31-13-9-11-25-10-7-8-12-27(25)31;1-3-30(39)38-16-15-37(19-23(38)11-13-32)29-17-26(31(40)34-21(2)18-33)35-27-20-36(14-12-25(27)29)28-10-6-8-22-7-4-5-9-24(22)28;1-2-27(34)33-15-14-32(17-20(33)10-12-29)26-16-23(28(35)36)30-24-18-31(13-11-22(24)26)25-9-5-7-19-6-3-4-8-21(19)25;1-6(9)5-10-7(11)12-8(2,3)4/h6-13,20,24,26H,1,14-15,17-19,21-23H2,2-5H3,(H,38,46)(H,39,45);3-10,17,21,23H,1,11-12,14-16,18-20,33H2,2H3,(H,34,40);2-9,16,20H,1,10-11,13-15,17-18H2,(H,35,36);6H,5,9H2,1-4H3,(H,10,11)/t24-,26+;21-,23+;20-;6-/m1101/s1. The lowest BCUT2D eigenvalue weighted by molar-refractivity contribution is -0.129. The predicted molar refractivity (Wildman–Crippen MR) is 525 cm³/mol. The van der Waals surface area contributed by atoms with Crippen LogP contribution in [0.15, 0.2) is 184 Å². The number of benzene rings is 6. The number of pyridine rings is 3. The second kappa shape index (κ2) is 45.2. The normalized spacial score (nSPS) is 17.0. The quantitative estimate of drug-likeness (QED) is 0.0310. The third-order valence-electron chi connectivity index (χ3n) is 24.3. The number of nitriles is 3. The van der Waals surface area contributed by atoms with Gasteiger partial charge in [-0.1, -0.05) is 129 Å². The number of rotatable bonds is 22. The summed E-state index contributed by atoms with van der Waals surface area (Å²) >= 11 is 0. The van der Waals surface area contributed by atoms with E-state index in [1.807, 2.05) is 83.1 Å². The lowest BCUT2D eigenvalue weighted by Gasteiger charge is -2.43. The number of nitrogens with one attached hydrogen (secondary N) is 4. The van der Waals surface area contributed by atoms with Gasteiger partial charge in [-0.25, -0.2) is 29.3 Å². The Hall–Kier alpha value is -14.7. The highest BCUT2D eigenvalue weighted by Gasteiger charge is 2.38. The molecule has 3 saturated heterocycles. The van der Waals surface area contributed by atoms with E-state index in [1.165, 1.54) is 29.0 Å². The van der Waals surface area contributed by atoms with Gasteiger partial charge in [0.15, 0.2) is 5.69 Å².